The highest BCUT2D eigenvalue weighted by Crippen LogP contribution is 2.35. The second kappa shape index (κ2) is 7.53. The second-order valence-corrected chi connectivity index (χ2v) is 10.4. The van der Waals surface area contributed by atoms with Crippen molar-refractivity contribution in [2.75, 3.05) is 0 Å². The zero-order chi connectivity index (χ0) is 24.4. The van der Waals surface area contributed by atoms with Crippen LogP contribution in [0, 0.1) is 0 Å². The van der Waals surface area contributed by atoms with Crippen molar-refractivity contribution in [1.29, 1.82) is 0 Å². The van der Waals surface area contributed by atoms with Gasteiger partial charge < -0.3 is 9.13 Å². The lowest BCUT2D eigenvalue weighted by molar-refractivity contribution is 0.571. The summed E-state index contributed by atoms with van der Waals surface area (Å²) in [5.74, 6) is 0. The lowest BCUT2D eigenvalue weighted by Crippen LogP contribution is -2.13. The molecule has 174 valence electrons. The fraction of sp³-hybridized carbons (Fsp3) is 0.125. The first-order valence-electron chi connectivity index (χ1n) is 12.4. The summed E-state index contributed by atoms with van der Waals surface area (Å²) < 4.78 is 4.64. The molecule has 0 amide bonds. The van der Waals surface area contributed by atoms with Crippen LogP contribution in [0.3, 0.4) is 0 Å². The van der Waals surface area contributed by atoms with Crippen molar-refractivity contribution in [1.82, 2.24) is 19.1 Å². The molecule has 0 aliphatic heterocycles. The number of nitrogens with zero attached hydrogens (tertiary/aromatic N) is 4. The van der Waals surface area contributed by atoms with Gasteiger partial charge in [-0.25, -0.2) is 4.98 Å². The van der Waals surface area contributed by atoms with E-state index in [2.05, 4.69) is 121 Å². The molecule has 4 heteroatoms. The monoisotopic (exact) mass is 466 g/mol. The van der Waals surface area contributed by atoms with Crippen LogP contribution in [0.1, 0.15) is 26.5 Å². The molecule has 3 aromatic carbocycles. The third-order valence-corrected chi connectivity index (χ3v) is 7.06. The average Bonchev–Trinajstić information content (AvgIpc) is 3.41. The molecule has 4 nitrogen and oxygen atoms in total. The van der Waals surface area contributed by atoms with Gasteiger partial charge >= 0.3 is 0 Å². The van der Waals surface area contributed by atoms with Crippen LogP contribution >= 0.6 is 0 Å². The Hall–Kier alpha value is -4.44. The molecule has 0 fully saturated rings. The van der Waals surface area contributed by atoms with Crippen molar-refractivity contribution >= 4 is 43.9 Å². The molecule has 0 aliphatic rings. The van der Waals surface area contributed by atoms with E-state index in [9.17, 15) is 0 Å². The zero-order valence-electron chi connectivity index (χ0n) is 20.6. The number of pyridine rings is 2. The van der Waals surface area contributed by atoms with Gasteiger partial charge in [-0.2, -0.15) is 0 Å². The number of hydrogen-bond acceptors (Lipinski definition) is 2. The third kappa shape index (κ3) is 3.01. The van der Waals surface area contributed by atoms with E-state index in [0.717, 1.165) is 55.6 Å². The molecule has 0 saturated heterocycles. The molecule has 0 atom stereocenters. The van der Waals surface area contributed by atoms with Gasteiger partial charge in [-0.1, -0.05) is 63.2 Å². The van der Waals surface area contributed by atoms with Gasteiger partial charge in [0, 0.05) is 39.5 Å². The predicted octanol–water partition coefficient (Wildman–Crippen LogP) is 7.97. The third-order valence-electron chi connectivity index (χ3n) is 7.06. The maximum absolute atomic E-state index is 5.14. The number of rotatable bonds is 2. The van der Waals surface area contributed by atoms with Gasteiger partial charge in [0.25, 0.3) is 0 Å². The first-order chi connectivity index (χ1) is 17.5. The summed E-state index contributed by atoms with van der Waals surface area (Å²) in [5, 5.41) is 2.33. The molecule has 0 aliphatic carbocycles. The van der Waals surface area contributed by atoms with Crippen molar-refractivity contribution < 1.29 is 0 Å². The summed E-state index contributed by atoms with van der Waals surface area (Å²) in [6.45, 7) is 6.64. The summed E-state index contributed by atoms with van der Waals surface area (Å²) >= 11 is 0. The van der Waals surface area contributed by atoms with Crippen LogP contribution in [0.25, 0.3) is 55.2 Å². The fourth-order valence-corrected chi connectivity index (χ4v) is 5.36. The Morgan fingerprint density at radius 2 is 1.14 bits per heavy atom. The maximum Gasteiger partial charge on any atom is 0.0967 e. The van der Waals surface area contributed by atoms with Gasteiger partial charge in [-0.05, 0) is 54.6 Å². The number of benzene rings is 3. The van der Waals surface area contributed by atoms with E-state index in [4.69, 9.17) is 9.97 Å². The van der Waals surface area contributed by atoms with Crippen molar-refractivity contribution in [3.8, 4) is 11.4 Å². The molecule has 36 heavy (non-hydrogen) atoms. The molecule has 0 bridgehead atoms. The first-order valence-corrected chi connectivity index (χ1v) is 12.4. The van der Waals surface area contributed by atoms with E-state index < -0.39 is 0 Å². The van der Waals surface area contributed by atoms with Crippen molar-refractivity contribution in [3.63, 3.8) is 0 Å². The molecule has 7 rings (SSSR count). The van der Waals surface area contributed by atoms with E-state index in [1.807, 2.05) is 12.3 Å². The Labute approximate surface area is 209 Å². The van der Waals surface area contributed by atoms with E-state index in [1.54, 1.807) is 0 Å². The molecule has 4 heterocycles. The highest BCUT2D eigenvalue weighted by Gasteiger charge is 2.20. The highest BCUT2D eigenvalue weighted by molar-refractivity contribution is 6.08. The number of fused-ring (bicyclic) bond motifs is 6. The van der Waals surface area contributed by atoms with Gasteiger partial charge in [0.05, 0.1) is 33.1 Å². The lowest BCUT2D eigenvalue weighted by Gasteiger charge is -2.17. The smallest absolute Gasteiger partial charge is 0.0967 e. The highest BCUT2D eigenvalue weighted by atomic mass is 15.0. The van der Waals surface area contributed by atoms with Crippen LogP contribution in [0.15, 0.2) is 103 Å². The molecule has 0 spiro atoms. The van der Waals surface area contributed by atoms with Crippen molar-refractivity contribution in [2.45, 2.75) is 26.2 Å². The fourth-order valence-electron chi connectivity index (χ4n) is 5.36. The molecule has 0 unspecified atom stereocenters. The summed E-state index contributed by atoms with van der Waals surface area (Å²) in [4.78, 5) is 9.84. The van der Waals surface area contributed by atoms with Crippen LogP contribution in [0.5, 0.6) is 0 Å². The standard InChI is InChI=1S/C32H26N4/c1-32(2,3)29-18-17-28-31(34-29)24-13-5-7-15-26(24)36(28)22-11-8-10-21(20-22)35-25-14-6-4-12-23(25)30-27(35)16-9-19-33-30/h4-20H,1-3H3. The molecule has 7 aromatic rings. The minimum Gasteiger partial charge on any atom is -0.308 e. The number of para-hydroxylation sites is 2. The molecule has 0 saturated carbocycles. The van der Waals surface area contributed by atoms with E-state index in [-0.39, 0.29) is 5.41 Å². The lowest BCUT2D eigenvalue weighted by atomic mass is 9.91. The Morgan fingerprint density at radius 1 is 0.556 bits per heavy atom. The van der Waals surface area contributed by atoms with Gasteiger partial charge in [0.2, 0.25) is 0 Å². The molecular formula is C32H26N4. The molecule has 0 radical (unpaired) electrons. The minimum absolute atomic E-state index is 0.0120. The largest absolute Gasteiger partial charge is 0.308 e. The van der Waals surface area contributed by atoms with Gasteiger partial charge in [0.15, 0.2) is 0 Å². The summed E-state index contributed by atoms with van der Waals surface area (Å²) in [5.41, 5.74) is 9.91. The van der Waals surface area contributed by atoms with Crippen LogP contribution in [0.2, 0.25) is 0 Å². The molecule has 4 aromatic heterocycles. The first kappa shape index (κ1) is 20.9. The van der Waals surface area contributed by atoms with E-state index in [1.165, 1.54) is 5.39 Å². The topological polar surface area (TPSA) is 35.6 Å². The van der Waals surface area contributed by atoms with Crippen LogP contribution in [0.4, 0.5) is 0 Å². The molecular weight excluding hydrogens is 440 g/mol. The quantitative estimate of drug-likeness (QED) is 0.259. The normalized spacial score (nSPS) is 12.3. The maximum atomic E-state index is 5.14. The van der Waals surface area contributed by atoms with Gasteiger partial charge in [-0.3, -0.25) is 4.98 Å². The van der Waals surface area contributed by atoms with Crippen molar-refractivity contribution in [2.24, 2.45) is 0 Å². The second-order valence-electron chi connectivity index (χ2n) is 10.4. The SMILES string of the molecule is CC(C)(C)c1ccc2c(n1)c1ccccc1n2-c1cccc(-n2c3ccccc3c3ncccc32)c1. The summed E-state index contributed by atoms with van der Waals surface area (Å²) in [7, 11) is 0. The zero-order valence-corrected chi connectivity index (χ0v) is 20.6. The van der Waals surface area contributed by atoms with Gasteiger partial charge in [-0.15, -0.1) is 0 Å². The van der Waals surface area contributed by atoms with Crippen molar-refractivity contribution in [3.05, 3.63) is 109 Å². The van der Waals surface area contributed by atoms with Crippen LogP contribution in [-0.4, -0.2) is 19.1 Å². The van der Waals surface area contributed by atoms with Crippen LogP contribution in [-0.2, 0) is 5.41 Å². The Bertz CT molecular complexity index is 1880. The summed E-state index contributed by atoms with van der Waals surface area (Å²) in [6.07, 6.45) is 1.87. The predicted molar refractivity (Wildman–Crippen MR) is 149 cm³/mol. The molecule has 0 N–H and O–H groups in total. The Kier molecular flexibility index (Phi) is 4.37. The average molecular weight is 467 g/mol. The van der Waals surface area contributed by atoms with E-state index >= 15 is 0 Å². The van der Waals surface area contributed by atoms with Crippen LogP contribution < -0.4 is 0 Å². The number of aromatic nitrogens is 4. The van der Waals surface area contributed by atoms with Gasteiger partial charge in [0.1, 0.15) is 0 Å². The Balaban J connectivity index is 1.52. The number of hydrogen-bond donors (Lipinski definition) is 0. The summed E-state index contributed by atoms with van der Waals surface area (Å²) in [6, 6.07) is 34.3. The van der Waals surface area contributed by atoms with E-state index in [0.29, 0.717) is 0 Å². The minimum atomic E-state index is -0.0120. The Morgan fingerprint density at radius 3 is 1.81 bits per heavy atom.